The number of hydrogen-bond donors (Lipinski definition) is 0. The van der Waals surface area contributed by atoms with E-state index in [-0.39, 0.29) is 6.10 Å². The van der Waals surface area contributed by atoms with Crippen LogP contribution in [0, 0.1) is 0 Å². The normalized spacial score (nSPS) is 12.7. The molecule has 0 amide bonds. The highest BCUT2D eigenvalue weighted by atomic mass is 16.8. The van der Waals surface area contributed by atoms with E-state index in [0.29, 0.717) is 13.2 Å². The van der Waals surface area contributed by atoms with Crippen LogP contribution in [-0.4, -0.2) is 19.7 Å². The van der Waals surface area contributed by atoms with Gasteiger partial charge in [0.2, 0.25) is 0 Å². The van der Waals surface area contributed by atoms with Crippen molar-refractivity contribution in [3.63, 3.8) is 0 Å². The van der Waals surface area contributed by atoms with Crippen LogP contribution < -0.4 is 0 Å². The summed E-state index contributed by atoms with van der Waals surface area (Å²) in [4.78, 5) is 0. The summed E-state index contributed by atoms with van der Waals surface area (Å²) >= 11 is 0. The van der Waals surface area contributed by atoms with Gasteiger partial charge in [0.05, 0.1) is 6.10 Å². The molecule has 0 aliphatic rings. The van der Waals surface area contributed by atoms with Crippen molar-refractivity contribution in [1.82, 2.24) is 0 Å². The minimum Gasteiger partial charge on any atom is -0.330 e. The fraction of sp³-hybridized carbons (Fsp3) is 0.714. The molecule has 1 aromatic carbocycles. The van der Waals surface area contributed by atoms with Gasteiger partial charge >= 0.3 is 0 Å². The first kappa shape index (κ1) is 21.1. The second-order valence-corrected chi connectivity index (χ2v) is 6.14. The number of benzene rings is 1. The third kappa shape index (κ3) is 9.41. The van der Waals surface area contributed by atoms with Crippen molar-refractivity contribution in [3.05, 3.63) is 35.9 Å². The molecule has 0 fully saturated rings. The molecular formula is C21H36O3. The van der Waals surface area contributed by atoms with E-state index in [1.807, 2.05) is 19.9 Å². The molecule has 1 rings (SSSR count). The monoisotopic (exact) mass is 336 g/mol. The average Bonchev–Trinajstić information content (AvgIpc) is 2.61. The summed E-state index contributed by atoms with van der Waals surface area (Å²) in [5.74, 6) is 0. The van der Waals surface area contributed by atoms with Gasteiger partial charge in [-0.2, -0.15) is 0 Å². The standard InChI is InChI=1S/C21H36O3/c1-4-7-8-9-10-11-15-18-20(19-16-13-12-14-17-19)24-21(22-5-2)23-6-3/h12-14,16-17,20-21H,4-11,15,18H2,1-3H3. The minimum absolute atomic E-state index is 0.0324. The van der Waals surface area contributed by atoms with Crippen molar-refractivity contribution in [2.24, 2.45) is 0 Å². The smallest absolute Gasteiger partial charge is 0.272 e. The summed E-state index contributed by atoms with van der Waals surface area (Å²) in [5.41, 5.74) is 1.20. The Labute approximate surface area is 148 Å². The molecule has 3 heteroatoms. The van der Waals surface area contributed by atoms with E-state index in [2.05, 4.69) is 31.2 Å². The predicted octanol–water partition coefficient (Wildman–Crippen LogP) is 6.24. The zero-order valence-corrected chi connectivity index (χ0v) is 15.8. The maximum Gasteiger partial charge on any atom is 0.272 e. The zero-order valence-electron chi connectivity index (χ0n) is 15.8. The number of hydrogen-bond acceptors (Lipinski definition) is 3. The van der Waals surface area contributed by atoms with Gasteiger partial charge in [-0.1, -0.05) is 82.2 Å². The molecule has 0 N–H and O–H groups in total. The Hall–Kier alpha value is -0.900. The van der Waals surface area contributed by atoms with E-state index in [1.54, 1.807) is 0 Å². The van der Waals surface area contributed by atoms with Crippen LogP contribution in [0.3, 0.4) is 0 Å². The number of unbranched alkanes of at least 4 members (excludes halogenated alkanes) is 6. The fourth-order valence-corrected chi connectivity index (χ4v) is 2.80. The molecular weight excluding hydrogens is 300 g/mol. The lowest BCUT2D eigenvalue weighted by atomic mass is 10.0. The molecule has 0 bridgehead atoms. The topological polar surface area (TPSA) is 27.7 Å². The maximum atomic E-state index is 6.12. The van der Waals surface area contributed by atoms with Gasteiger partial charge in [0.25, 0.3) is 6.48 Å². The Morgan fingerprint density at radius 3 is 1.92 bits per heavy atom. The second-order valence-electron chi connectivity index (χ2n) is 6.14. The summed E-state index contributed by atoms with van der Waals surface area (Å²) in [6.07, 6.45) is 10.2. The summed E-state index contributed by atoms with van der Waals surface area (Å²) in [7, 11) is 0. The molecule has 0 saturated carbocycles. The first-order chi connectivity index (χ1) is 11.8. The molecule has 0 heterocycles. The van der Waals surface area contributed by atoms with Gasteiger partial charge < -0.3 is 14.2 Å². The molecule has 0 aliphatic heterocycles. The van der Waals surface area contributed by atoms with E-state index >= 15 is 0 Å². The van der Waals surface area contributed by atoms with Gasteiger partial charge in [-0.25, -0.2) is 0 Å². The largest absolute Gasteiger partial charge is 0.330 e. The number of rotatable bonds is 15. The van der Waals surface area contributed by atoms with Crippen molar-refractivity contribution in [2.75, 3.05) is 13.2 Å². The van der Waals surface area contributed by atoms with E-state index < -0.39 is 6.48 Å². The van der Waals surface area contributed by atoms with Crippen LogP contribution >= 0.6 is 0 Å². The second kappa shape index (κ2) is 14.4. The lowest BCUT2D eigenvalue weighted by Gasteiger charge is -2.24. The summed E-state index contributed by atoms with van der Waals surface area (Å²) in [6.45, 7) is 6.78. The van der Waals surface area contributed by atoms with Crippen LogP contribution in [0.2, 0.25) is 0 Å². The Balaban J connectivity index is 2.46. The Morgan fingerprint density at radius 2 is 1.33 bits per heavy atom. The van der Waals surface area contributed by atoms with E-state index in [0.717, 1.165) is 6.42 Å². The van der Waals surface area contributed by atoms with Crippen molar-refractivity contribution < 1.29 is 14.2 Å². The van der Waals surface area contributed by atoms with E-state index in [9.17, 15) is 0 Å². The predicted molar refractivity (Wildman–Crippen MR) is 99.9 cm³/mol. The number of ether oxygens (including phenoxy) is 3. The summed E-state index contributed by atoms with van der Waals surface area (Å²) < 4.78 is 17.2. The third-order valence-electron chi connectivity index (χ3n) is 4.12. The van der Waals surface area contributed by atoms with Crippen LogP contribution in [0.25, 0.3) is 0 Å². The van der Waals surface area contributed by atoms with Gasteiger partial charge in [-0.3, -0.25) is 0 Å². The minimum atomic E-state index is -0.574. The highest BCUT2D eigenvalue weighted by molar-refractivity contribution is 5.17. The van der Waals surface area contributed by atoms with Crippen LogP contribution in [0.1, 0.15) is 83.8 Å². The Kier molecular flexibility index (Phi) is 12.7. The lowest BCUT2D eigenvalue weighted by Crippen LogP contribution is -2.24. The van der Waals surface area contributed by atoms with Gasteiger partial charge in [0.1, 0.15) is 0 Å². The van der Waals surface area contributed by atoms with E-state index in [1.165, 1.54) is 50.5 Å². The van der Waals surface area contributed by atoms with Crippen LogP contribution in [-0.2, 0) is 14.2 Å². The molecule has 0 aliphatic carbocycles. The van der Waals surface area contributed by atoms with Crippen LogP contribution in [0.5, 0.6) is 0 Å². The van der Waals surface area contributed by atoms with Gasteiger partial charge in [-0.05, 0) is 25.8 Å². The lowest BCUT2D eigenvalue weighted by molar-refractivity contribution is -0.304. The van der Waals surface area contributed by atoms with Gasteiger partial charge in [-0.15, -0.1) is 0 Å². The van der Waals surface area contributed by atoms with Crippen molar-refractivity contribution >= 4 is 0 Å². The summed E-state index contributed by atoms with van der Waals surface area (Å²) in [6, 6.07) is 10.4. The van der Waals surface area contributed by atoms with Gasteiger partial charge in [0, 0.05) is 13.2 Å². The van der Waals surface area contributed by atoms with Crippen molar-refractivity contribution in [1.29, 1.82) is 0 Å². The van der Waals surface area contributed by atoms with Crippen LogP contribution in [0.4, 0.5) is 0 Å². The van der Waals surface area contributed by atoms with Crippen molar-refractivity contribution in [3.8, 4) is 0 Å². The zero-order chi connectivity index (χ0) is 17.5. The molecule has 0 saturated heterocycles. The molecule has 3 nitrogen and oxygen atoms in total. The Bertz CT molecular complexity index is 374. The first-order valence-corrected chi connectivity index (χ1v) is 9.75. The molecule has 1 aromatic rings. The SMILES string of the molecule is CCCCCCCCCC(OC(OCC)OCC)c1ccccc1. The van der Waals surface area contributed by atoms with Gasteiger partial charge in [0.15, 0.2) is 0 Å². The molecule has 0 aromatic heterocycles. The average molecular weight is 337 g/mol. The molecule has 0 radical (unpaired) electrons. The van der Waals surface area contributed by atoms with Crippen molar-refractivity contribution in [2.45, 2.75) is 84.7 Å². The third-order valence-corrected chi connectivity index (χ3v) is 4.12. The fourth-order valence-electron chi connectivity index (χ4n) is 2.80. The molecule has 1 atom stereocenters. The first-order valence-electron chi connectivity index (χ1n) is 9.75. The quantitative estimate of drug-likeness (QED) is 0.280. The highest BCUT2D eigenvalue weighted by Gasteiger charge is 2.18. The molecule has 1 unspecified atom stereocenters. The van der Waals surface area contributed by atoms with E-state index in [4.69, 9.17) is 14.2 Å². The molecule has 138 valence electrons. The summed E-state index contributed by atoms with van der Waals surface area (Å²) in [5, 5.41) is 0. The Morgan fingerprint density at radius 1 is 0.750 bits per heavy atom. The maximum absolute atomic E-state index is 6.12. The molecule has 0 spiro atoms. The van der Waals surface area contributed by atoms with Crippen LogP contribution in [0.15, 0.2) is 30.3 Å². The molecule has 24 heavy (non-hydrogen) atoms. The highest BCUT2D eigenvalue weighted by Crippen LogP contribution is 2.26.